The number of hydrogen-bond donors (Lipinski definition) is 0. The first-order valence-corrected chi connectivity index (χ1v) is 9.85. The van der Waals surface area contributed by atoms with E-state index in [0.29, 0.717) is 0 Å². The molecule has 0 aliphatic heterocycles. The van der Waals surface area contributed by atoms with Gasteiger partial charge in [0, 0.05) is 39.8 Å². The third kappa shape index (κ3) is 2.45. The Labute approximate surface area is 172 Å². The first-order chi connectivity index (χ1) is 14.7. The van der Waals surface area contributed by atoms with Gasteiger partial charge >= 0.3 is 0 Å². The van der Waals surface area contributed by atoms with Crippen molar-refractivity contribution in [1.82, 2.24) is 19.5 Å². The Hall–Kier alpha value is -3.99. The molecule has 5 nitrogen and oxygen atoms in total. The molecule has 6 aromatic rings. The van der Waals surface area contributed by atoms with Crippen molar-refractivity contribution in [2.24, 2.45) is 0 Å². The fraction of sp³-hybridized carbons (Fsp3) is 0.0800. The number of nitrogens with zero attached hydrogens (tertiary/aromatic N) is 4. The van der Waals surface area contributed by atoms with Crippen LogP contribution in [0.4, 0.5) is 0 Å². The molecule has 0 bridgehead atoms. The first kappa shape index (κ1) is 16.9. The van der Waals surface area contributed by atoms with E-state index in [1.807, 2.05) is 22.9 Å². The molecule has 0 fully saturated rings. The molecule has 0 aliphatic carbocycles. The molecular formula is C25H18N4O. The van der Waals surface area contributed by atoms with Crippen LogP contribution in [-0.4, -0.2) is 19.5 Å². The molecule has 0 saturated carbocycles. The molecule has 6 rings (SSSR count). The highest BCUT2D eigenvalue weighted by atomic mass is 16.3. The van der Waals surface area contributed by atoms with Gasteiger partial charge < -0.3 is 8.98 Å². The van der Waals surface area contributed by atoms with Crippen LogP contribution < -0.4 is 0 Å². The zero-order valence-corrected chi connectivity index (χ0v) is 16.6. The molecule has 0 unspecified atom stereocenters. The average Bonchev–Trinajstić information content (AvgIpc) is 3.41. The fourth-order valence-corrected chi connectivity index (χ4v) is 4.26. The van der Waals surface area contributed by atoms with Crippen molar-refractivity contribution in [3.8, 4) is 16.9 Å². The quantitative estimate of drug-likeness (QED) is 0.364. The highest BCUT2D eigenvalue weighted by molar-refractivity contribution is 6.12. The molecule has 0 amide bonds. The smallest absolute Gasteiger partial charge is 0.144 e. The van der Waals surface area contributed by atoms with Gasteiger partial charge in [-0.15, -0.1) is 0 Å². The number of aryl methyl sites for hydroxylation is 2. The van der Waals surface area contributed by atoms with E-state index in [2.05, 4.69) is 65.2 Å². The van der Waals surface area contributed by atoms with Crippen molar-refractivity contribution in [3.63, 3.8) is 0 Å². The van der Waals surface area contributed by atoms with Crippen molar-refractivity contribution in [1.29, 1.82) is 0 Å². The molecule has 3 heterocycles. The normalized spacial score (nSPS) is 11.7. The molecule has 3 aromatic carbocycles. The maximum atomic E-state index is 6.33. The third-order valence-electron chi connectivity index (χ3n) is 5.63. The lowest BCUT2D eigenvalue weighted by atomic mass is 9.99. The summed E-state index contributed by atoms with van der Waals surface area (Å²) in [5.74, 6) is 0. The lowest BCUT2D eigenvalue weighted by Crippen LogP contribution is -1.94. The molecule has 144 valence electrons. The summed E-state index contributed by atoms with van der Waals surface area (Å²) in [6, 6.07) is 16.7. The molecule has 0 N–H and O–H groups in total. The monoisotopic (exact) mass is 390 g/mol. The molecule has 30 heavy (non-hydrogen) atoms. The zero-order valence-electron chi connectivity index (χ0n) is 16.6. The first-order valence-electron chi connectivity index (χ1n) is 9.85. The summed E-state index contributed by atoms with van der Waals surface area (Å²) >= 11 is 0. The van der Waals surface area contributed by atoms with Crippen LogP contribution in [0.15, 0.2) is 78.0 Å². The van der Waals surface area contributed by atoms with Crippen LogP contribution in [-0.2, 0) is 0 Å². The summed E-state index contributed by atoms with van der Waals surface area (Å²) in [6.07, 6.45) is 7.09. The van der Waals surface area contributed by atoms with Crippen molar-refractivity contribution in [2.75, 3.05) is 0 Å². The summed E-state index contributed by atoms with van der Waals surface area (Å²) in [5.41, 5.74) is 7.91. The zero-order chi connectivity index (χ0) is 20.2. The lowest BCUT2D eigenvalue weighted by Gasteiger charge is -2.09. The summed E-state index contributed by atoms with van der Waals surface area (Å²) in [7, 11) is 0. The van der Waals surface area contributed by atoms with Crippen LogP contribution in [0.2, 0.25) is 0 Å². The van der Waals surface area contributed by atoms with E-state index in [4.69, 9.17) is 4.42 Å². The highest BCUT2D eigenvalue weighted by Crippen LogP contribution is 2.39. The summed E-state index contributed by atoms with van der Waals surface area (Å²) < 4.78 is 8.30. The standard InChI is InChI=1S/C25H18N4O/c1-15-10-19-23-16(2)4-3-5-22(23)30-25(19)20(11-15)24-18-7-6-17(29-9-8-26-14-29)12-21(18)27-13-28-24/h3-14H,1-2H3. The minimum atomic E-state index is 0.864. The largest absolute Gasteiger partial charge is 0.455 e. The highest BCUT2D eigenvalue weighted by Gasteiger charge is 2.17. The van der Waals surface area contributed by atoms with Gasteiger partial charge in [-0.1, -0.05) is 12.1 Å². The minimum Gasteiger partial charge on any atom is -0.455 e. The summed E-state index contributed by atoms with van der Waals surface area (Å²) in [6.45, 7) is 4.23. The van der Waals surface area contributed by atoms with Crippen LogP contribution in [0.5, 0.6) is 0 Å². The number of hydrogen-bond acceptors (Lipinski definition) is 4. The Morgan fingerprint density at radius 2 is 1.87 bits per heavy atom. The second kappa shape index (κ2) is 6.26. The van der Waals surface area contributed by atoms with Gasteiger partial charge in [0.25, 0.3) is 0 Å². The fourth-order valence-electron chi connectivity index (χ4n) is 4.26. The number of rotatable bonds is 2. The van der Waals surface area contributed by atoms with E-state index < -0.39 is 0 Å². The van der Waals surface area contributed by atoms with Gasteiger partial charge in [0.05, 0.1) is 17.5 Å². The van der Waals surface area contributed by atoms with E-state index in [1.165, 1.54) is 16.5 Å². The van der Waals surface area contributed by atoms with E-state index in [1.54, 1.807) is 18.9 Å². The van der Waals surface area contributed by atoms with Gasteiger partial charge in [-0.2, -0.15) is 0 Å². The lowest BCUT2D eigenvalue weighted by molar-refractivity contribution is 0.669. The van der Waals surface area contributed by atoms with Crippen LogP contribution in [0, 0.1) is 13.8 Å². The van der Waals surface area contributed by atoms with Gasteiger partial charge in [0.2, 0.25) is 0 Å². The molecule has 5 heteroatoms. The Balaban J connectivity index is 1.66. The van der Waals surface area contributed by atoms with Crippen molar-refractivity contribution in [2.45, 2.75) is 13.8 Å². The number of aromatic nitrogens is 4. The van der Waals surface area contributed by atoms with Gasteiger partial charge in [-0.05, 0) is 61.4 Å². The Morgan fingerprint density at radius 1 is 0.933 bits per heavy atom. The van der Waals surface area contributed by atoms with E-state index in [0.717, 1.165) is 44.4 Å². The van der Waals surface area contributed by atoms with Crippen LogP contribution >= 0.6 is 0 Å². The number of imidazole rings is 1. The minimum absolute atomic E-state index is 0.864. The average molecular weight is 390 g/mol. The SMILES string of the molecule is Cc1cc(-c2ncnc3cc(-n4ccnc4)ccc23)c2oc3cccc(C)c3c2c1. The molecule has 0 aliphatic rings. The van der Waals surface area contributed by atoms with Crippen LogP contribution in [0.1, 0.15) is 11.1 Å². The number of furan rings is 1. The van der Waals surface area contributed by atoms with Gasteiger partial charge in [0.1, 0.15) is 17.5 Å². The molecular weight excluding hydrogens is 372 g/mol. The van der Waals surface area contributed by atoms with Crippen molar-refractivity contribution in [3.05, 3.63) is 84.7 Å². The Bertz CT molecular complexity index is 1560. The van der Waals surface area contributed by atoms with Gasteiger partial charge in [-0.25, -0.2) is 15.0 Å². The van der Waals surface area contributed by atoms with E-state index in [-0.39, 0.29) is 0 Å². The topological polar surface area (TPSA) is 56.7 Å². The van der Waals surface area contributed by atoms with Crippen molar-refractivity contribution < 1.29 is 4.42 Å². The molecule has 0 spiro atoms. The van der Waals surface area contributed by atoms with Crippen LogP contribution in [0.3, 0.4) is 0 Å². The maximum absolute atomic E-state index is 6.33. The van der Waals surface area contributed by atoms with Crippen molar-refractivity contribution >= 4 is 32.8 Å². The number of fused-ring (bicyclic) bond motifs is 4. The van der Waals surface area contributed by atoms with Gasteiger partial charge in [0.15, 0.2) is 0 Å². The second-order valence-electron chi connectivity index (χ2n) is 7.63. The summed E-state index contributed by atoms with van der Waals surface area (Å²) in [4.78, 5) is 13.3. The van der Waals surface area contributed by atoms with Gasteiger partial charge in [-0.3, -0.25) is 0 Å². The second-order valence-corrected chi connectivity index (χ2v) is 7.63. The van der Waals surface area contributed by atoms with E-state index in [9.17, 15) is 0 Å². The predicted molar refractivity (Wildman–Crippen MR) is 119 cm³/mol. The Morgan fingerprint density at radius 3 is 2.73 bits per heavy atom. The molecule has 0 radical (unpaired) electrons. The summed E-state index contributed by atoms with van der Waals surface area (Å²) in [5, 5.41) is 3.28. The third-order valence-corrected chi connectivity index (χ3v) is 5.63. The Kier molecular flexibility index (Phi) is 3.53. The molecule has 0 atom stereocenters. The number of benzene rings is 3. The molecule has 3 aromatic heterocycles. The maximum Gasteiger partial charge on any atom is 0.144 e. The predicted octanol–water partition coefficient (Wildman–Crippen LogP) is 6.00. The van der Waals surface area contributed by atoms with E-state index >= 15 is 0 Å². The molecule has 0 saturated heterocycles. The van der Waals surface area contributed by atoms with Crippen LogP contribution in [0.25, 0.3) is 49.8 Å².